The number of aromatic nitrogens is 2. The van der Waals surface area contributed by atoms with Gasteiger partial charge in [-0.1, -0.05) is 26.8 Å². The zero-order valence-electron chi connectivity index (χ0n) is 12.7. The quantitative estimate of drug-likeness (QED) is 0.836. The van der Waals surface area contributed by atoms with Gasteiger partial charge in [0.15, 0.2) is 0 Å². The average Bonchev–Trinajstić information content (AvgIpc) is 2.92. The lowest BCUT2D eigenvalue weighted by molar-refractivity contribution is 0.421. The van der Waals surface area contributed by atoms with Crippen LogP contribution >= 0.6 is 0 Å². The predicted molar refractivity (Wildman–Crippen MR) is 83.6 cm³/mol. The van der Waals surface area contributed by atoms with Crippen molar-refractivity contribution in [2.45, 2.75) is 39.8 Å². The van der Waals surface area contributed by atoms with Crippen molar-refractivity contribution in [1.29, 1.82) is 0 Å². The Morgan fingerprint density at radius 2 is 2.15 bits per heavy atom. The van der Waals surface area contributed by atoms with Crippen molar-refractivity contribution < 1.29 is 0 Å². The van der Waals surface area contributed by atoms with E-state index in [1.165, 1.54) is 11.1 Å². The molecule has 3 heteroatoms. The Kier molecular flexibility index (Phi) is 5.36. The molecule has 0 fully saturated rings. The summed E-state index contributed by atoms with van der Waals surface area (Å²) in [5, 5.41) is 3.56. The van der Waals surface area contributed by atoms with E-state index in [1.807, 2.05) is 18.5 Å². The second kappa shape index (κ2) is 7.25. The lowest BCUT2D eigenvalue weighted by Gasteiger charge is -2.20. The zero-order valence-corrected chi connectivity index (χ0v) is 12.7. The van der Waals surface area contributed by atoms with Gasteiger partial charge in [0.1, 0.15) is 0 Å². The van der Waals surface area contributed by atoms with Crippen molar-refractivity contribution in [2.24, 2.45) is 5.92 Å². The first-order valence-corrected chi connectivity index (χ1v) is 7.48. The molecule has 0 aromatic carbocycles. The minimum absolute atomic E-state index is 0.444. The summed E-state index contributed by atoms with van der Waals surface area (Å²) in [4.78, 5) is 4.16. The molecule has 0 spiro atoms. The highest BCUT2D eigenvalue weighted by Crippen LogP contribution is 2.21. The van der Waals surface area contributed by atoms with Crippen molar-refractivity contribution in [1.82, 2.24) is 14.9 Å². The molecule has 20 heavy (non-hydrogen) atoms. The third kappa shape index (κ3) is 3.94. The maximum Gasteiger partial charge on any atom is 0.0358 e. The van der Waals surface area contributed by atoms with E-state index in [4.69, 9.17) is 0 Å². The lowest BCUT2D eigenvalue weighted by atomic mass is 9.98. The Labute approximate surface area is 122 Å². The molecule has 0 aliphatic heterocycles. The van der Waals surface area contributed by atoms with E-state index in [-0.39, 0.29) is 0 Å². The van der Waals surface area contributed by atoms with Crippen LogP contribution in [0.15, 0.2) is 43.0 Å². The summed E-state index contributed by atoms with van der Waals surface area (Å²) in [6.45, 7) is 8.70. The molecule has 2 rings (SSSR count). The van der Waals surface area contributed by atoms with E-state index in [0.717, 1.165) is 19.5 Å². The van der Waals surface area contributed by atoms with Crippen molar-refractivity contribution in [3.8, 4) is 0 Å². The van der Waals surface area contributed by atoms with Gasteiger partial charge in [-0.15, -0.1) is 0 Å². The summed E-state index contributed by atoms with van der Waals surface area (Å²) in [6, 6.07) is 6.81. The molecule has 0 saturated carbocycles. The van der Waals surface area contributed by atoms with Crippen molar-refractivity contribution >= 4 is 0 Å². The van der Waals surface area contributed by atoms with E-state index in [2.05, 4.69) is 60.2 Å². The Morgan fingerprint density at radius 3 is 2.80 bits per heavy atom. The number of hydrogen-bond donors (Lipinski definition) is 1. The van der Waals surface area contributed by atoms with Crippen LogP contribution in [0.1, 0.15) is 37.9 Å². The zero-order chi connectivity index (χ0) is 14.4. The van der Waals surface area contributed by atoms with Gasteiger partial charge in [-0.2, -0.15) is 0 Å². The first-order chi connectivity index (χ1) is 9.70. The molecule has 0 saturated heterocycles. The molecule has 0 aliphatic rings. The topological polar surface area (TPSA) is 29.9 Å². The molecule has 0 amide bonds. The Hall–Kier alpha value is -1.61. The standard InChI is InChI=1S/C17H25N3/c1-4-19-17(14(2)3)16-8-11-20(13-16)10-7-15-6-5-9-18-12-15/h5-6,8-9,11-14,17,19H,4,7,10H2,1-3H3. The molecule has 1 atom stereocenters. The summed E-state index contributed by atoms with van der Waals surface area (Å²) >= 11 is 0. The van der Waals surface area contributed by atoms with E-state index in [1.54, 1.807) is 0 Å². The van der Waals surface area contributed by atoms with E-state index < -0.39 is 0 Å². The smallest absolute Gasteiger partial charge is 0.0358 e. The first kappa shape index (κ1) is 14.8. The minimum Gasteiger partial charge on any atom is -0.354 e. The van der Waals surface area contributed by atoms with Crippen LogP contribution in [0.3, 0.4) is 0 Å². The fourth-order valence-electron chi connectivity index (χ4n) is 2.54. The van der Waals surface area contributed by atoms with Crippen LogP contribution in [0.25, 0.3) is 0 Å². The van der Waals surface area contributed by atoms with Crippen LogP contribution in [-0.4, -0.2) is 16.1 Å². The van der Waals surface area contributed by atoms with Crippen molar-refractivity contribution in [3.05, 3.63) is 54.1 Å². The SMILES string of the molecule is CCNC(c1ccn(CCc2cccnc2)c1)C(C)C. The molecule has 0 aliphatic carbocycles. The summed E-state index contributed by atoms with van der Waals surface area (Å²) in [6.07, 6.45) is 9.23. The summed E-state index contributed by atoms with van der Waals surface area (Å²) in [5.41, 5.74) is 2.67. The van der Waals surface area contributed by atoms with Gasteiger partial charge >= 0.3 is 0 Å². The predicted octanol–water partition coefficient (Wildman–Crippen LogP) is 3.43. The second-order valence-electron chi connectivity index (χ2n) is 5.57. The molecule has 3 nitrogen and oxygen atoms in total. The van der Waals surface area contributed by atoms with Gasteiger partial charge in [0, 0.05) is 37.4 Å². The molecular weight excluding hydrogens is 246 g/mol. The van der Waals surface area contributed by atoms with Crippen LogP contribution < -0.4 is 5.32 Å². The fourth-order valence-corrected chi connectivity index (χ4v) is 2.54. The van der Waals surface area contributed by atoms with Gasteiger partial charge in [-0.3, -0.25) is 4.98 Å². The van der Waals surface area contributed by atoms with Crippen LogP contribution in [0.2, 0.25) is 0 Å². The van der Waals surface area contributed by atoms with Gasteiger partial charge < -0.3 is 9.88 Å². The maximum absolute atomic E-state index is 4.16. The fraction of sp³-hybridized carbons (Fsp3) is 0.471. The van der Waals surface area contributed by atoms with E-state index >= 15 is 0 Å². The Bertz CT molecular complexity index is 502. The highest BCUT2D eigenvalue weighted by Gasteiger charge is 2.15. The van der Waals surface area contributed by atoms with Crippen LogP contribution in [0.5, 0.6) is 0 Å². The Morgan fingerprint density at radius 1 is 1.30 bits per heavy atom. The van der Waals surface area contributed by atoms with Crippen LogP contribution in [-0.2, 0) is 13.0 Å². The molecule has 0 bridgehead atoms. The number of nitrogens with zero attached hydrogens (tertiary/aromatic N) is 2. The highest BCUT2D eigenvalue weighted by molar-refractivity contribution is 5.17. The number of hydrogen-bond acceptors (Lipinski definition) is 2. The average molecular weight is 271 g/mol. The molecule has 2 heterocycles. The van der Waals surface area contributed by atoms with Crippen molar-refractivity contribution in [2.75, 3.05) is 6.54 Å². The summed E-state index contributed by atoms with van der Waals surface area (Å²) in [5.74, 6) is 0.601. The van der Waals surface area contributed by atoms with Crippen molar-refractivity contribution in [3.63, 3.8) is 0 Å². The lowest BCUT2D eigenvalue weighted by Crippen LogP contribution is -2.25. The van der Waals surface area contributed by atoms with Crippen LogP contribution in [0, 0.1) is 5.92 Å². The van der Waals surface area contributed by atoms with E-state index in [0.29, 0.717) is 12.0 Å². The molecular formula is C17H25N3. The summed E-state index contributed by atoms with van der Waals surface area (Å²) < 4.78 is 2.27. The third-order valence-electron chi connectivity index (χ3n) is 3.60. The molecule has 1 N–H and O–H groups in total. The van der Waals surface area contributed by atoms with E-state index in [9.17, 15) is 0 Å². The molecule has 2 aromatic rings. The largest absolute Gasteiger partial charge is 0.354 e. The number of pyridine rings is 1. The van der Waals surface area contributed by atoms with Gasteiger partial charge in [0.25, 0.3) is 0 Å². The number of nitrogens with one attached hydrogen (secondary N) is 1. The Balaban J connectivity index is 1.98. The van der Waals surface area contributed by atoms with Gasteiger partial charge in [0.05, 0.1) is 0 Å². The minimum atomic E-state index is 0.444. The second-order valence-corrected chi connectivity index (χ2v) is 5.57. The molecule has 0 radical (unpaired) electrons. The highest BCUT2D eigenvalue weighted by atomic mass is 15.0. The summed E-state index contributed by atoms with van der Waals surface area (Å²) in [7, 11) is 0. The monoisotopic (exact) mass is 271 g/mol. The molecule has 2 aromatic heterocycles. The molecule has 1 unspecified atom stereocenters. The number of rotatable bonds is 7. The molecule has 108 valence electrons. The van der Waals surface area contributed by atoms with Gasteiger partial charge in [-0.25, -0.2) is 0 Å². The van der Waals surface area contributed by atoms with Gasteiger partial charge in [-0.05, 0) is 42.1 Å². The maximum atomic E-state index is 4.16. The van der Waals surface area contributed by atoms with Gasteiger partial charge in [0.2, 0.25) is 0 Å². The number of aryl methyl sites for hydroxylation is 2. The third-order valence-corrected chi connectivity index (χ3v) is 3.60. The normalized spacial score (nSPS) is 12.8. The first-order valence-electron chi connectivity index (χ1n) is 7.48. The van der Waals surface area contributed by atoms with Crippen LogP contribution in [0.4, 0.5) is 0 Å².